The Labute approximate surface area is 275 Å². The van der Waals surface area contributed by atoms with Gasteiger partial charge in [-0.15, -0.1) is 0 Å². The molecule has 3 aliphatic rings. The molecule has 1 aliphatic heterocycles. The first-order chi connectivity index (χ1) is 23.1. The number of para-hydroxylation sites is 1. The van der Waals surface area contributed by atoms with Crippen molar-refractivity contribution >= 4 is 33.5 Å². The number of urea groups is 1. The van der Waals surface area contributed by atoms with E-state index in [0.29, 0.717) is 17.2 Å². The summed E-state index contributed by atoms with van der Waals surface area (Å²) in [6.45, 7) is 10.5. The lowest BCUT2D eigenvalue weighted by Crippen LogP contribution is -2.40. The van der Waals surface area contributed by atoms with Crippen molar-refractivity contribution in [3.8, 4) is 17.3 Å². The molecule has 6 nitrogen and oxygen atoms in total. The van der Waals surface area contributed by atoms with E-state index in [0.717, 1.165) is 44.5 Å². The van der Waals surface area contributed by atoms with Crippen LogP contribution in [-0.4, -0.2) is 39.5 Å². The number of hydrogen-bond acceptors (Lipinski definition) is 3. The van der Waals surface area contributed by atoms with Gasteiger partial charge in [0.1, 0.15) is 17.3 Å². The molecule has 46 heavy (non-hydrogen) atoms. The number of ether oxygens (including phenoxy) is 1. The summed E-state index contributed by atoms with van der Waals surface area (Å²) in [7, 11) is 0. The molecule has 6 heteroatoms. The van der Waals surface area contributed by atoms with E-state index in [9.17, 15) is 4.79 Å². The van der Waals surface area contributed by atoms with Gasteiger partial charge in [-0.2, -0.15) is 0 Å². The third kappa shape index (κ3) is 4.44. The second-order valence-corrected chi connectivity index (χ2v) is 15.2. The largest absolute Gasteiger partial charge is 0.457 e. The van der Waals surface area contributed by atoms with Gasteiger partial charge in [-0.1, -0.05) is 71.9 Å². The number of carbonyl (C=O) groups is 1. The number of nitrogens with zero attached hydrogens (tertiary/aromatic N) is 4. The van der Waals surface area contributed by atoms with Crippen molar-refractivity contribution in [3.05, 3.63) is 102 Å². The van der Waals surface area contributed by atoms with Crippen LogP contribution in [0.1, 0.15) is 63.2 Å². The van der Waals surface area contributed by atoms with Crippen LogP contribution in [0.5, 0.6) is 11.5 Å². The molecular weight excluding hydrogens is 568 g/mol. The Morgan fingerprint density at radius 1 is 0.783 bits per heavy atom. The summed E-state index contributed by atoms with van der Waals surface area (Å²) < 4.78 is 33.7. The monoisotopic (exact) mass is 613 g/mol. The highest BCUT2D eigenvalue weighted by Crippen LogP contribution is 2.50. The maximum atomic E-state index is 14.0. The molecule has 3 heterocycles. The number of amides is 2. The fourth-order valence-corrected chi connectivity index (χ4v) is 7.73. The minimum Gasteiger partial charge on any atom is -0.457 e. The molecule has 5 aromatic rings. The Hall–Kier alpha value is -4.58. The number of carbonyl (C=O) groups excluding carboxylic acids is 1. The van der Waals surface area contributed by atoms with Crippen molar-refractivity contribution < 1.29 is 13.6 Å². The molecule has 2 fully saturated rings. The Morgan fingerprint density at radius 3 is 2.28 bits per heavy atom. The van der Waals surface area contributed by atoms with Crippen molar-refractivity contribution in [2.45, 2.75) is 70.9 Å². The Kier molecular flexibility index (Phi) is 5.54. The smallest absolute Gasteiger partial charge is 0.324 e. The van der Waals surface area contributed by atoms with E-state index in [-0.39, 0.29) is 34.7 Å². The van der Waals surface area contributed by atoms with Crippen LogP contribution in [-0.2, 0) is 10.8 Å². The number of pyridine rings is 1. The first-order valence-electron chi connectivity index (χ1n) is 17.7. The minimum absolute atomic E-state index is 0.0356. The molecule has 0 radical (unpaired) electrons. The Balaban J connectivity index is 1.24. The van der Waals surface area contributed by atoms with Crippen LogP contribution in [0.15, 0.2) is 91.1 Å². The number of likely N-dealkylation sites (N-methyl/N-ethyl adjacent to an activating group) is 1. The van der Waals surface area contributed by atoms with Crippen LogP contribution in [0.25, 0.3) is 27.6 Å². The quantitative estimate of drug-likeness (QED) is 0.190. The van der Waals surface area contributed by atoms with Gasteiger partial charge in [-0.25, -0.2) is 9.78 Å². The van der Waals surface area contributed by atoms with E-state index in [4.69, 9.17) is 13.8 Å². The van der Waals surface area contributed by atoms with Gasteiger partial charge in [-0.05, 0) is 76.8 Å². The third-order valence-corrected chi connectivity index (χ3v) is 10.1. The molecule has 8 rings (SSSR count). The molecular formula is C40H42N4O2. The minimum atomic E-state index is -2.52. The van der Waals surface area contributed by atoms with E-state index >= 15 is 0 Å². The summed E-state index contributed by atoms with van der Waals surface area (Å²) in [4.78, 5) is 21.7. The van der Waals surface area contributed by atoms with E-state index in [2.05, 4.69) is 101 Å². The van der Waals surface area contributed by atoms with Crippen molar-refractivity contribution in [1.29, 1.82) is 0 Å². The summed E-state index contributed by atoms with van der Waals surface area (Å²) in [6.07, 6.45) is 6.97. The Bertz CT molecular complexity index is 2170. The molecule has 234 valence electrons. The highest BCUT2D eigenvalue weighted by molar-refractivity contribution is 6.09. The molecule has 2 amide bonds. The van der Waals surface area contributed by atoms with Crippen molar-refractivity contribution in [2.24, 2.45) is 11.8 Å². The summed E-state index contributed by atoms with van der Waals surface area (Å²) in [5.41, 5.74) is 4.60. The average molecular weight is 614 g/mol. The molecule has 0 spiro atoms. The molecule has 1 saturated heterocycles. The topological polar surface area (TPSA) is 50.6 Å². The van der Waals surface area contributed by atoms with Gasteiger partial charge in [0.05, 0.1) is 23.1 Å². The summed E-state index contributed by atoms with van der Waals surface area (Å²) in [5.74, 6) is 2.24. The maximum absolute atomic E-state index is 14.0. The summed E-state index contributed by atoms with van der Waals surface area (Å²) >= 11 is 0. The van der Waals surface area contributed by atoms with Crippen LogP contribution >= 0.6 is 0 Å². The fourth-order valence-electron chi connectivity index (χ4n) is 7.73. The second-order valence-electron chi connectivity index (χ2n) is 15.2. The summed E-state index contributed by atoms with van der Waals surface area (Å²) in [5, 5.41) is 2.22. The first-order valence-corrected chi connectivity index (χ1v) is 16.2. The standard InChI is InChI=1S/C40H42N4O2/c1-39(2,3)26-16-17-41-35(21-26)44-33-11-9-8-10-31(33)32-15-14-29(23-34(32)44)46-30-20-27(40(4,5)6)19-28(22-30)43-37-25-13-12-24(18-25)36(37)42(7)38(43)45/h8-17,19-25,36-37H,18H2,1-7H3/i7D3. The number of anilines is 1. The van der Waals surface area contributed by atoms with Gasteiger partial charge >= 0.3 is 6.03 Å². The van der Waals surface area contributed by atoms with Crippen LogP contribution in [0.4, 0.5) is 10.5 Å². The predicted octanol–water partition coefficient (Wildman–Crippen LogP) is 9.38. The third-order valence-electron chi connectivity index (χ3n) is 10.1. The van der Waals surface area contributed by atoms with Gasteiger partial charge in [0, 0.05) is 51.8 Å². The molecule has 4 unspecified atom stereocenters. The van der Waals surface area contributed by atoms with E-state index < -0.39 is 13.0 Å². The first kappa shape index (κ1) is 25.6. The molecule has 2 aromatic heterocycles. The van der Waals surface area contributed by atoms with Crippen molar-refractivity contribution in [3.63, 3.8) is 0 Å². The number of aromatic nitrogens is 2. The number of hydrogen-bond donors (Lipinski definition) is 0. The van der Waals surface area contributed by atoms with Crippen molar-refractivity contribution in [2.75, 3.05) is 11.9 Å². The second kappa shape index (κ2) is 9.96. The predicted molar refractivity (Wildman–Crippen MR) is 186 cm³/mol. The average Bonchev–Trinajstić information content (AvgIpc) is 3.78. The van der Waals surface area contributed by atoms with Gasteiger partial charge in [0.25, 0.3) is 0 Å². The number of fused-ring (bicyclic) bond motifs is 8. The van der Waals surface area contributed by atoms with Crippen molar-refractivity contribution in [1.82, 2.24) is 14.5 Å². The highest BCUT2D eigenvalue weighted by atomic mass is 16.5. The van der Waals surface area contributed by atoms with E-state index in [1.165, 1.54) is 5.56 Å². The Morgan fingerprint density at radius 2 is 1.52 bits per heavy atom. The zero-order chi connectivity index (χ0) is 34.6. The van der Waals surface area contributed by atoms with Gasteiger partial charge in [0.2, 0.25) is 0 Å². The molecule has 2 bridgehead atoms. The lowest BCUT2D eigenvalue weighted by molar-refractivity contribution is 0.211. The SMILES string of the molecule is [2H]C([2H])([2H])N1C(=O)N(c2cc(Oc3ccc4c5ccccc5n(-c5cc(C(C)(C)C)ccn5)c4c3)cc(C(C)(C)C)c2)C2C3C=CC(C3)C21. The molecule has 2 aliphatic carbocycles. The number of rotatable bonds is 4. The lowest BCUT2D eigenvalue weighted by atomic mass is 9.86. The van der Waals surface area contributed by atoms with Gasteiger partial charge in [0.15, 0.2) is 0 Å². The molecule has 4 atom stereocenters. The van der Waals surface area contributed by atoms with Crippen LogP contribution in [0.3, 0.4) is 0 Å². The van der Waals surface area contributed by atoms with E-state index in [1.54, 1.807) is 4.90 Å². The van der Waals surface area contributed by atoms with E-state index in [1.807, 2.05) is 36.5 Å². The summed E-state index contributed by atoms with van der Waals surface area (Å²) in [6, 6.07) is 23.6. The fraction of sp³-hybridized carbons (Fsp3) is 0.350. The lowest BCUT2D eigenvalue weighted by Gasteiger charge is -2.30. The van der Waals surface area contributed by atoms with Crippen LogP contribution in [0.2, 0.25) is 0 Å². The molecule has 3 aromatic carbocycles. The van der Waals surface area contributed by atoms with Gasteiger partial charge < -0.3 is 9.64 Å². The highest BCUT2D eigenvalue weighted by Gasteiger charge is 2.57. The maximum Gasteiger partial charge on any atom is 0.324 e. The zero-order valence-electron chi connectivity index (χ0n) is 30.3. The molecule has 1 saturated carbocycles. The normalized spacial score (nSPS) is 23.7. The van der Waals surface area contributed by atoms with Crippen LogP contribution < -0.4 is 9.64 Å². The number of benzene rings is 3. The molecule has 0 N–H and O–H groups in total. The van der Waals surface area contributed by atoms with Crippen LogP contribution in [0, 0.1) is 11.8 Å². The van der Waals surface area contributed by atoms with Gasteiger partial charge in [-0.3, -0.25) is 9.47 Å². The zero-order valence-corrected chi connectivity index (χ0v) is 27.3.